The van der Waals surface area contributed by atoms with E-state index >= 15 is 0 Å². The number of halogens is 2. The maximum absolute atomic E-state index is 13.3. The minimum absolute atomic E-state index is 0.0639. The molecule has 2 amide bonds. The summed E-state index contributed by atoms with van der Waals surface area (Å²) in [4.78, 5) is 12.0. The van der Waals surface area contributed by atoms with E-state index in [2.05, 4.69) is 10.6 Å². The Labute approximate surface area is 145 Å². The van der Waals surface area contributed by atoms with Crippen LogP contribution in [0.2, 0.25) is 0 Å². The van der Waals surface area contributed by atoms with Gasteiger partial charge in [-0.2, -0.15) is 0 Å². The zero-order valence-electron chi connectivity index (χ0n) is 14.2. The molecule has 4 nitrogen and oxygen atoms in total. The van der Waals surface area contributed by atoms with E-state index < -0.39 is 17.7 Å². The van der Waals surface area contributed by atoms with E-state index in [-0.39, 0.29) is 17.8 Å². The summed E-state index contributed by atoms with van der Waals surface area (Å²) >= 11 is 0. The van der Waals surface area contributed by atoms with Crippen LogP contribution in [-0.2, 0) is 6.42 Å². The fourth-order valence-electron chi connectivity index (χ4n) is 2.45. The Bertz CT molecular complexity index is 720. The first kappa shape index (κ1) is 18.7. The zero-order valence-corrected chi connectivity index (χ0v) is 14.2. The van der Waals surface area contributed by atoms with Gasteiger partial charge in [0, 0.05) is 6.04 Å². The van der Waals surface area contributed by atoms with E-state index in [9.17, 15) is 18.7 Å². The molecule has 0 bridgehead atoms. The van der Waals surface area contributed by atoms with Crippen molar-refractivity contribution < 1.29 is 18.7 Å². The normalized spacial score (nSPS) is 13.1. The van der Waals surface area contributed by atoms with Gasteiger partial charge in [-0.3, -0.25) is 0 Å². The fourth-order valence-corrected chi connectivity index (χ4v) is 2.45. The van der Waals surface area contributed by atoms with Gasteiger partial charge in [0.05, 0.1) is 6.04 Å². The molecule has 0 saturated heterocycles. The van der Waals surface area contributed by atoms with Crippen molar-refractivity contribution in [2.24, 2.45) is 0 Å². The Kier molecular flexibility index (Phi) is 6.33. The van der Waals surface area contributed by atoms with Gasteiger partial charge >= 0.3 is 6.03 Å². The molecule has 0 fully saturated rings. The van der Waals surface area contributed by atoms with Crippen LogP contribution in [0.1, 0.15) is 37.4 Å². The number of hydrogen-bond acceptors (Lipinski definition) is 2. The van der Waals surface area contributed by atoms with E-state index in [1.165, 1.54) is 6.07 Å². The monoisotopic (exact) mass is 348 g/mol. The Morgan fingerprint density at radius 2 is 1.72 bits per heavy atom. The minimum Gasteiger partial charge on any atom is -0.508 e. The molecule has 0 heterocycles. The molecule has 0 saturated carbocycles. The molecule has 6 heteroatoms. The number of nitrogens with one attached hydrogen (secondary N) is 2. The highest BCUT2D eigenvalue weighted by atomic mass is 19.2. The number of urea groups is 1. The number of phenolic OH excluding ortho intramolecular Hbond substituents is 1. The second kappa shape index (κ2) is 8.46. The molecule has 0 aliphatic heterocycles. The van der Waals surface area contributed by atoms with E-state index in [4.69, 9.17) is 0 Å². The second-order valence-electron chi connectivity index (χ2n) is 6.12. The third-order valence-electron chi connectivity index (χ3n) is 3.97. The quantitative estimate of drug-likeness (QED) is 0.737. The van der Waals surface area contributed by atoms with Crippen LogP contribution < -0.4 is 10.6 Å². The lowest BCUT2D eigenvalue weighted by Crippen LogP contribution is -2.41. The second-order valence-corrected chi connectivity index (χ2v) is 6.12. The molecule has 0 aromatic heterocycles. The largest absolute Gasteiger partial charge is 0.508 e. The van der Waals surface area contributed by atoms with E-state index in [1.807, 2.05) is 19.1 Å². The van der Waals surface area contributed by atoms with Gasteiger partial charge in [0.2, 0.25) is 0 Å². The number of aromatic hydroxyl groups is 1. The van der Waals surface area contributed by atoms with Crippen molar-refractivity contribution in [3.63, 3.8) is 0 Å². The topological polar surface area (TPSA) is 61.4 Å². The lowest BCUT2D eigenvalue weighted by Gasteiger charge is -2.18. The first-order chi connectivity index (χ1) is 11.8. The summed E-state index contributed by atoms with van der Waals surface area (Å²) in [5, 5.41) is 14.8. The lowest BCUT2D eigenvalue weighted by molar-refractivity contribution is 0.234. The molecule has 2 aromatic rings. The van der Waals surface area contributed by atoms with Crippen LogP contribution in [0.25, 0.3) is 0 Å². The highest BCUT2D eigenvalue weighted by Gasteiger charge is 2.13. The molecule has 2 rings (SSSR count). The highest BCUT2D eigenvalue weighted by molar-refractivity contribution is 5.74. The smallest absolute Gasteiger partial charge is 0.315 e. The van der Waals surface area contributed by atoms with Crippen LogP contribution in [0.15, 0.2) is 42.5 Å². The van der Waals surface area contributed by atoms with Crippen molar-refractivity contribution in [2.75, 3.05) is 0 Å². The first-order valence-electron chi connectivity index (χ1n) is 8.15. The van der Waals surface area contributed by atoms with Gasteiger partial charge < -0.3 is 15.7 Å². The fraction of sp³-hybridized carbons (Fsp3) is 0.316. The molecule has 2 atom stereocenters. The number of phenols is 1. The molecule has 2 aromatic carbocycles. The SMILES string of the molecule is CC(CCc1ccc(O)cc1)NC(=O)NC(C)c1ccc(F)c(F)c1. The van der Waals surface area contributed by atoms with Gasteiger partial charge in [0.25, 0.3) is 0 Å². The van der Waals surface area contributed by atoms with E-state index in [1.54, 1.807) is 19.1 Å². The van der Waals surface area contributed by atoms with Crippen molar-refractivity contribution in [3.8, 4) is 5.75 Å². The number of hydrogen-bond donors (Lipinski definition) is 3. The Morgan fingerprint density at radius 3 is 2.36 bits per heavy atom. The van der Waals surface area contributed by atoms with Crippen molar-refractivity contribution in [1.82, 2.24) is 10.6 Å². The number of amides is 2. The molecule has 0 aliphatic rings. The molecule has 0 spiro atoms. The summed E-state index contributed by atoms with van der Waals surface area (Å²) in [6, 6.07) is 9.63. The molecular formula is C19H22F2N2O2. The minimum atomic E-state index is -0.936. The average molecular weight is 348 g/mol. The van der Waals surface area contributed by atoms with Gasteiger partial charge in [-0.05, 0) is 62.1 Å². The van der Waals surface area contributed by atoms with Crippen LogP contribution in [0, 0.1) is 11.6 Å². The lowest BCUT2D eigenvalue weighted by atomic mass is 10.1. The summed E-state index contributed by atoms with van der Waals surface area (Å²) in [6.45, 7) is 3.59. The Morgan fingerprint density at radius 1 is 1.04 bits per heavy atom. The molecule has 0 radical (unpaired) electrons. The summed E-state index contributed by atoms with van der Waals surface area (Å²) in [6.07, 6.45) is 1.50. The van der Waals surface area contributed by atoms with Crippen LogP contribution in [-0.4, -0.2) is 17.2 Å². The third kappa shape index (κ3) is 5.74. The van der Waals surface area contributed by atoms with Crippen molar-refractivity contribution in [1.29, 1.82) is 0 Å². The Hall–Kier alpha value is -2.63. The standard InChI is InChI=1S/C19H22F2N2O2/c1-12(3-4-14-5-8-16(24)9-6-14)22-19(25)23-13(2)15-7-10-17(20)18(21)11-15/h5-13,24H,3-4H2,1-2H3,(H2,22,23,25). The molecule has 2 unspecified atom stereocenters. The summed E-state index contributed by atoms with van der Waals surface area (Å²) in [7, 11) is 0. The number of carbonyl (C=O) groups is 1. The van der Waals surface area contributed by atoms with E-state index in [0.717, 1.165) is 30.5 Å². The molecule has 25 heavy (non-hydrogen) atoms. The zero-order chi connectivity index (χ0) is 18.4. The molecule has 3 N–H and O–H groups in total. The van der Waals surface area contributed by atoms with Gasteiger partial charge in [0.15, 0.2) is 11.6 Å². The van der Waals surface area contributed by atoms with Crippen LogP contribution in [0.4, 0.5) is 13.6 Å². The van der Waals surface area contributed by atoms with Gasteiger partial charge in [-0.15, -0.1) is 0 Å². The summed E-state index contributed by atoms with van der Waals surface area (Å²) in [5.41, 5.74) is 1.56. The predicted octanol–water partition coefficient (Wildman–Crippen LogP) is 4.05. The van der Waals surface area contributed by atoms with Crippen LogP contribution in [0.5, 0.6) is 5.75 Å². The average Bonchev–Trinajstić information content (AvgIpc) is 2.56. The van der Waals surface area contributed by atoms with Crippen LogP contribution in [0.3, 0.4) is 0 Å². The molecular weight excluding hydrogens is 326 g/mol. The number of carbonyl (C=O) groups excluding carboxylic acids is 1. The van der Waals surface area contributed by atoms with Gasteiger partial charge in [-0.25, -0.2) is 13.6 Å². The molecule has 134 valence electrons. The van der Waals surface area contributed by atoms with Crippen molar-refractivity contribution in [2.45, 2.75) is 38.8 Å². The summed E-state index contributed by atoms with van der Waals surface area (Å²) < 4.78 is 26.2. The van der Waals surface area contributed by atoms with Gasteiger partial charge in [0.1, 0.15) is 5.75 Å². The first-order valence-corrected chi connectivity index (χ1v) is 8.15. The van der Waals surface area contributed by atoms with Crippen molar-refractivity contribution >= 4 is 6.03 Å². The number of rotatable bonds is 6. The van der Waals surface area contributed by atoms with Crippen molar-refractivity contribution in [3.05, 3.63) is 65.2 Å². The maximum Gasteiger partial charge on any atom is 0.315 e. The number of benzene rings is 2. The van der Waals surface area contributed by atoms with E-state index in [0.29, 0.717) is 5.56 Å². The highest BCUT2D eigenvalue weighted by Crippen LogP contribution is 2.16. The predicted molar refractivity (Wildman–Crippen MR) is 92.3 cm³/mol. The third-order valence-corrected chi connectivity index (χ3v) is 3.97. The summed E-state index contributed by atoms with van der Waals surface area (Å²) in [5.74, 6) is -1.63. The van der Waals surface area contributed by atoms with Crippen LogP contribution >= 0.6 is 0 Å². The maximum atomic E-state index is 13.3. The van der Waals surface area contributed by atoms with Gasteiger partial charge in [-0.1, -0.05) is 18.2 Å². The Balaban J connectivity index is 1.80. The number of aryl methyl sites for hydroxylation is 1. The molecule has 0 aliphatic carbocycles.